The van der Waals surface area contributed by atoms with Crippen LogP contribution in [0.15, 0.2) is 53.6 Å². The Hall–Kier alpha value is -3.12. The van der Waals surface area contributed by atoms with Crippen molar-refractivity contribution in [2.75, 3.05) is 6.61 Å². The van der Waals surface area contributed by atoms with Crippen LogP contribution in [-0.4, -0.2) is 28.5 Å². The van der Waals surface area contributed by atoms with Gasteiger partial charge >= 0.3 is 0 Å². The van der Waals surface area contributed by atoms with Gasteiger partial charge in [0.05, 0.1) is 23.2 Å². The van der Waals surface area contributed by atoms with E-state index < -0.39 is 0 Å². The summed E-state index contributed by atoms with van der Waals surface area (Å²) in [4.78, 5) is 12.0. The molecule has 1 heterocycles. The van der Waals surface area contributed by atoms with E-state index in [1.165, 1.54) is 6.21 Å². The number of hydrogen-bond acceptors (Lipinski definition) is 4. The highest BCUT2D eigenvalue weighted by Gasteiger charge is 2.13. The first-order valence-corrected chi connectivity index (χ1v) is 9.15. The Labute approximate surface area is 168 Å². The lowest BCUT2D eigenvalue weighted by atomic mass is 10.1. The summed E-state index contributed by atoms with van der Waals surface area (Å²) in [7, 11) is 0. The van der Waals surface area contributed by atoms with Gasteiger partial charge in [0.1, 0.15) is 10.9 Å². The van der Waals surface area contributed by atoms with Gasteiger partial charge in [-0.2, -0.15) is 10.2 Å². The topological polar surface area (TPSA) is 68.5 Å². The maximum absolute atomic E-state index is 12.0. The summed E-state index contributed by atoms with van der Waals surface area (Å²) in [5, 5.41) is 8.83. The number of amides is 1. The number of nitrogens with zero attached hydrogens (tertiary/aromatic N) is 3. The molecule has 0 aliphatic carbocycles. The molecule has 0 aliphatic rings. The second-order valence-electron chi connectivity index (χ2n) is 6.44. The molecule has 0 fully saturated rings. The Morgan fingerprint density at radius 2 is 1.86 bits per heavy atom. The first kappa shape index (κ1) is 19.6. The van der Waals surface area contributed by atoms with Gasteiger partial charge in [0.15, 0.2) is 6.61 Å². The summed E-state index contributed by atoms with van der Waals surface area (Å²) in [6.07, 6.45) is 1.48. The van der Waals surface area contributed by atoms with Crippen molar-refractivity contribution < 1.29 is 9.53 Å². The van der Waals surface area contributed by atoms with Crippen LogP contribution in [0.5, 0.6) is 5.75 Å². The van der Waals surface area contributed by atoms with Gasteiger partial charge in [0, 0.05) is 0 Å². The molecule has 3 aromatic rings. The second-order valence-corrected chi connectivity index (χ2v) is 6.80. The van der Waals surface area contributed by atoms with Gasteiger partial charge in [-0.1, -0.05) is 35.9 Å². The van der Waals surface area contributed by atoms with Crippen molar-refractivity contribution in [3.05, 3.63) is 76.1 Å². The highest BCUT2D eigenvalue weighted by Crippen LogP contribution is 2.21. The molecule has 1 amide bonds. The van der Waals surface area contributed by atoms with Gasteiger partial charge in [-0.25, -0.2) is 10.1 Å². The van der Waals surface area contributed by atoms with Crippen molar-refractivity contribution in [1.29, 1.82) is 0 Å². The van der Waals surface area contributed by atoms with Gasteiger partial charge < -0.3 is 4.74 Å². The lowest BCUT2D eigenvalue weighted by molar-refractivity contribution is -0.123. The number of ether oxygens (including phenoxy) is 1. The fraction of sp³-hybridized carbons (Fsp3) is 0.190. The average Bonchev–Trinajstić information content (AvgIpc) is 2.94. The molecule has 0 atom stereocenters. The molecule has 0 unspecified atom stereocenters. The Morgan fingerprint density at radius 3 is 2.54 bits per heavy atom. The van der Waals surface area contributed by atoms with Crippen molar-refractivity contribution >= 4 is 23.7 Å². The summed E-state index contributed by atoms with van der Waals surface area (Å²) in [5.41, 5.74) is 6.79. The molecule has 0 saturated heterocycles. The molecule has 0 saturated carbocycles. The lowest BCUT2D eigenvalue weighted by Crippen LogP contribution is -2.24. The molecule has 144 valence electrons. The molecule has 1 aromatic heterocycles. The molecular formula is C21H21ClN4O2. The van der Waals surface area contributed by atoms with Gasteiger partial charge in [-0.3, -0.25) is 4.79 Å². The van der Waals surface area contributed by atoms with Crippen LogP contribution in [-0.2, 0) is 4.79 Å². The molecule has 1 N–H and O–H groups in total. The summed E-state index contributed by atoms with van der Waals surface area (Å²) < 4.78 is 7.14. The molecule has 3 rings (SSSR count). The fourth-order valence-corrected chi connectivity index (χ4v) is 3.09. The quantitative estimate of drug-likeness (QED) is 0.506. The zero-order chi connectivity index (χ0) is 20.1. The van der Waals surface area contributed by atoms with Crippen molar-refractivity contribution in [2.24, 2.45) is 5.10 Å². The van der Waals surface area contributed by atoms with Crippen LogP contribution < -0.4 is 10.2 Å². The minimum Gasteiger partial charge on any atom is -0.484 e. The number of para-hydroxylation sites is 1. The number of halogens is 1. The van der Waals surface area contributed by atoms with E-state index in [0.717, 1.165) is 16.8 Å². The van der Waals surface area contributed by atoms with Gasteiger partial charge in [0.25, 0.3) is 5.91 Å². The minimum absolute atomic E-state index is 0.129. The van der Waals surface area contributed by atoms with Crippen LogP contribution in [0.1, 0.15) is 22.4 Å². The predicted octanol–water partition coefficient (Wildman–Crippen LogP) is 3.98. The number of nitrogens with one attached hydrogen (secondary N) is 1. The normalized spacial score (nSPS) is 11.0. The molecule has 0 aliphatic heterocycles. The van der Waals surface area contributed by atoms with E-state index in [1.54, 1.807) is 4.68 Å². The molecule has 0 bridgehead atoms. The van der Waals surface area contributed by atoms with Crippen LogP contribution >= 0.6 is 11.6 Å². The largest absolute Gasteiger partial charge is 0.484 e. The molecule has 0 spiro atoms. The second kappa shape index (κ2) is 8.71. The van der Waals surface area contributed by atoms with Crippen molar-refractivity contribution in [2.45, 2.75) is 20.8 Å². The minimum atomic E-state index is -0.361. The number of hydrazone groups is 1. The number of carbonyl (C=O) groups is 1. The lowest BCUT2D eigenvalue weighted by Gasteiger charge is -2.07. The number of aryl methyl sites for hydroxylation is 3. The predicted molar refractivity (Wildman–Crippen MR) is 110 cm³/mol. The SMILES string of the molecule is Cc1cc(C)cc(OCC(=O)NN=Cc2c(C)nn(-c3ccccc3)c2Cl)c1. The smallest absolute Gasteiger partial charge is 0.277 e. The summed E-state index contributed by atoms with van der Waals surface area (Å²) in [5.74, 6) is 0.291. The summed E-state index contributed by atoms with van der Waals surface area (Å²) in [6, 6.07) is 15.4. The van der Waals surface area contributed by atoms with Gasteiger partial charge in [-0.05, 0) is 56.2 Å². The van der Waals surface area contributed by atoms with Crippen molar-refractivity contribution in [3.8, 4) is 11.4 Å². The third-order valence-electron chi connectivity index (χ3n) is 4.00. The van der Waals surface area contributed by atoms with Crippen molar-refractivity contribution in [1.82, 2.24) is 15.2 Å². The molecule has 28 heavy (non-hydrogen) atoms. The van der Waals surface area contributed by atoms with Crippen LogP contribution in [0, 0.1) is 20.8 Å². The number of carbonyl (C=O) groups excluding carboxylic acids is 1. The zero-order valence-electron chi connectivity index (χ0n) is 15.9. The Balaban J connectivity index is 1.61. The number of rotatable bonds is 6. The highest BCUT2D eigenvalue weighted by molar-refractivity contribution is 6.32. The average molecular weight is 397 g/mol. The molecule has 0 radical (unpaired) electrons. The van der Waals surface area contributed by atoms with Crippen LogP contribution in [0.3, 0.4) is 0 Å². The maximum Gasteiger partial charge on any atom is 0.277 e. The van der Waals surface area contributed by atoms with E-state index in [4.69, 9.17) is 16.3 Å². The molecule has 2 aromatic carbocycles. The Bertz CT molecular complexity index is 992. The fourth-order valence-electron chi connectivity index (χ4n) is 2.76. The van der Waals surface area contributed by atoms with E-state index in [2.05, 4.69) is 15.6 Å². The standard InChI is InChI=1S/C21H21ClN4O2/c1-14-9-15(2)11-18(10-14)28-13-20(27)24-23-12-19-16(3)25-26(21(19)22)17-7-5-4-6-8-17/h4-12H,13H2,1-3H3,(H,24,27). The van der Waals surface area contributed by atoms with Crippen LogP contribution in [0.25, 0.3) is 5.69 Å². The Morgan fingerprint density at radius 1 is 1.18 bits per heavy atom. The molecule has 6 nitrogen and oxygen atoms in total. The monoisotopic (exact) mass is 396 g/mol. The number of hydrogen-bond donors (Lipinski definition) is 1. The van der Waals surface area contributed by atoms with Gasteiger partial charge in [-0.15, -0.1) is 0 Å². The third-order valence-corrected chi connectivity index (χ3v) is 4.36. The summed E-state index contributed by atoms with van der Waals surface area (Å²) >= 11 is 6.42. The van der Waals surface area contributed by atoms with Crippen LogP contribution in [0.4, 0.5) is 0 Å². The van der Waals surface area contributed by atoms with E-state index in [-0.39, 0.29) is 12.5 Å². The highest BCUT2D eigenvalue weighted by atomic mass is 35.5. The molecular weight excluding hydrogens is 376 g/mol. The Kier molecular flexibility index (Phi) is 6.11. The van der Waals surface area contributed by atoms with E-state index >= 15 is 0 Å². The number of aromatic nitrogens is 2. The number of benzene rings is 2. The van der Waals surface area contributed by atoms with E-state index in [9.17, 15) is 4.79 Å². The first-order chi connectivity index (χ1) is 13.4. The molecule has 7 heteroatoms. The van der Waals surface area contributed by atoms with E-state index in [0.29, 0.717) is 22.2 Å². The summed E-state index contributed by atoms with van der Waals surface area (Å²) in [6.45, 7) is 5.66. The van der Waals surface area contributed by atoms with Crippen LogP contribution in [0.2, 0.25) is 5.15 Å². The first-order valence-electron chi connectivity index (χ1n) is 8.77. The van der Waals surface area contributed by atoms with E-state index in [1.807, 2.05) is 69.3 Å². The van der Waals surface area contributed by atoms with Crippen molar-refractivity contribution in [3.63, 3.8) is 0 Å². The maximum atomic E-state index is 12.0. The van der Waals surface area contributed by atoms with Gasteiger partial charge in [0.2, 0.25) is 0 Å². The zero-order valence-corrected chi connectivity index (χ0v) is 16.7. The third kappa shape index (κ3) is 4.78.